The molecule has 1 N–H and O–H groups in total. The minimum Gasteiger partial charge on any atom is -0.322 e. The van der Waals surface area contributed by atoms with E-state index in [0.717, 1.165) is 10.7 Å². The number of hydrogen-bond donors (Lipinski definition) is 1. The molecule has 0 radical (unpaired) electrons. The van der Waals surface area contributed by atoms with Crippen molar-refractivity contribution in [1.82, 2.24) is 9.78 Å². The maximum absolute atomic E-state index is 12.4. The van der Waals surface area contributed by atoms with Crippen LogP contribution in [0.2, 0.25) is 15.1 Å². The van der Waals surface area contributed by atoms with Gasteiger partial charge < -0.3 is 5.32 Å². The van der Waals surface area contributed by atoms with Crippen LogP contribution in [0.5, 0.6) is 0 Å². The van der Waals surface area contributed by atoms with Crippen molar-refractivity contribution in [2.45, 2.75) is 0 Å². The Labute approximate surface area is 172 Å². The zero-order valence-corrected chi connectivity index (χ0v) is 16.0. The zero-order valence-electron chi connectivity index (χ0n) is 13.7. The van der Waals surface area contributed by atoms with Gasteiger partial charge in [0, 0.05) is 17.3 Å². The van der Waals surface area contributed by atoms with E-state index in [1.54, 1.807) is 0 Å². The third-order valence-electron chi connectivity index (χ3n) is 3.65. The number of rotatable bonds is 4. The summed E-state index contributed by atoms with van der Waals surface area (Å²) in [6, 6.07) is 9.85. The molecule has 0 aliphatic heterocycles. The van der Waals surface area contributed by atoms with Gasteiger partial charge >= 0.3 is 0 Å². The van der Waals surface area contributed by atoms with Gasteiger partial charge in [-0.2, -0.15) is 9.78 Å². The summed E-state index contributed by atoms with van der Waals surface area (Å²) in [6.45, 7) is 0. The summed E-state index contributed by atoms with van der Waals surface area (Å²) in [5, 5.41) is 17.2. The molecule has 28 heavy (non-hydrogen) atoms. The lowest BCUT2D eigenvalue weighted by atomic mass is 10.2. The van der Waals surface area contributed by atoms with Crippen LogP contribution in [0, 0.1) is 10.1 Å². The maximum atomic E-state index is 12.4. The fourth-order valence-corrected chi connectivity index (χ4v) is 2.72. The summed E-state index contributed by atoms with van der Waals surface area (Å²) in [5.74, 6) is -0.502. The molecule has 0 aliphatic rings. The van der Waals surface area contributed by atoms with Crippen molar-refractivity contribution in [3.63, 3.8) is 0 Å². The number of halogens is 3. The lowest BCUT2D eigenvalue weighted by Crippen LogP contribution is -2.21. The van der Waals surface area contributed by atoms with E-state index in [4.69, 9.17) is 34.8 Å². The molecule has 0 bridgehead atoms. The van der Waals surface area contributed by atoms with E-state index in [2.05, 4.69) is 10.4 Å². The quantitative estimate of drug-likeness (QED) is 0.480. The molecule has 0 unspecified atom stereocenters. The van der Waals surface area contributed by atoms with Gasteiger partial charge in [-0.1, -0.05) is 34.8 Å². The van der Waals surface area contributed by atoms with E-state index >= 15 is 0 Å². The maximum Gasteiger partial charge on any atom is 0.291 e. The van der Waals surface area contributed by atoms with Gasteiger partial charge in [0.25, 0.3) is 17.2 Å². The molecule has 2 aromatic carbocycles. The molecule has 142 valence electrons. The first-order valence-electron chi connectivity index (χ1n) is 7.57. The molecule has 0 aliphatic carbocycles. The van der Waals surface area contributed by atoms with Gasteiger partial charge in [0.1, 0.15) is 10.0 Å². The van der Waals surface area contributed by atoms with Crippen LogP contribution >= 0.6 is 34.8 Å². The number of nitrogens with one attached hydrogen (secondary N) is 1. The Hall–Kier alpha value is -2.94. The Bertz CT molecular complexity index is 1150. The van der Waals surface area contributed by atoms with Crippen molar-refractivity contribution >= 4 is 52.1 Å². The molecular weight excluding hydrogens is 431 g/mol. The second kappa shape index (κ2) is 7.97. The zero-order chi connectivity index (χ0) is 20.4. The predicted octanol–water partition coefficient (Wildman–Crippen LogP) is 4.35. The number of anilines is 1. The molecule has 1 aromatic heterocycles. The normalized spacial score (nSPS) is 10.5. The first-order valence-corrected chi connectivity index (χ1v) is 8.70. The fourth-order valence-electron chi connectivity index (χ4n) is 2.28. The number of benzene rings is 2. The third-order valence-corrected chi connectivity index (χ3v) is 4.72. The van der Waals surface area contributed by atoms with Gasteiger partial charge in [0.2, 0.25) is 0 Å². The minimum atomic E-state index is -0.644. The highest BCUT2D eigenvalue weighted by Crippen LogP contribution is 2.27. The minimum absolute atomic E-state index is 0.0353. The summed E-state index contributed by atoms with van der Waals surface area (Å²) in [7, 11) is 0. The van der Waals surface area contributed by atoms with Gasteiger partial charge in [-0.3, -0.25) is 19.7 Å². The topological polar surface area (TPSA) is 107 Å². The molecule has 1 amide bonds. The lowest BCUT2D eigenvalue weighted by Gasteiger charge is -2.08. The van der Waals surface area contributed by atoms with Crippen LogP contribution in [-0.4, -0.2) is 20.6 Å². The summed E-state index contributed by atoms with van der Waals surface area (Å²) in [4.78, 5) is 34.7. The number of carbonyl (C=O) groups excluding carboxylic acids is 1. The van der Waals surface area contributed by atoms with Crippen molar-refractivity contribution in [3.8, 4) is 5.69 Å². The Morgan fingerprint density at radius 3 is 2.39 bits per heavy atom. The van der Waals surface area contributed by atoms with Crippen LogP contribution in [0.4, 0.5) is 11.4 Å². The van der Waals surface area contributed by atoms with Crippen LogP contribution in [0.25, 0.3) is 5.69 Å². The van der Waals surface area contributed by atoms with Gasteiger partial charge in [0.15, 0.2) is 0 Å². The van der Waals surface area contributed by atoms with Crippen molar-refractivity contribution in [3.05, 3.63) is 89.8 Å². The lowest BCUT2D eigenvalue weighted by molar-refractivity contribution is -0.384. The molecule has 8 nitrogen and oxygen atoms in total. The number of nitro groups is 1. The third kappa shape index (κ3) is 3.99. The smallest absolute Gasteiger partial charge is 0.291 e. The molecule has 1 heterocycles. The molecule has 3 aromatic rings. The number of aromatic nitrogens is 2. The first-order chi connectivity index (χ1) is 13.3. The Kier molecular flexibility index (Phi) is 5.64. The van der Waals surface area contributed by atoms with Gasteiger partial charge in [-0.05, 0) is 36.4 Å². The Balaban J connectivity index is 1.83. The van der Waals surface area contributed by atoms with E-state index in [9.17, 15) is 19.7 Å². The molecule has 0 saturated carbocycles. The highest BCUT2D eigenvalue weighted by atomic mass is 35.5. The molecule has 3 rings (SSSR count). The van der Waals surface area contributed by atoms with Crippen LogP contribution in [-0.2, 0) is 0 Å². The standard InChI is InChI=1S/C17H9Cl3N4O4/c18-12-6-3-10(7-14(12)24(27)28)22-16(25)9-1-4-11(5-2-9)23-17(26)15(20)13(19)8-21-23/h1-8H,(H,22,25). The SMILES string of the molecule is O=C(Nc1ccc(Cl)c([N+](=O)[O-])c1)c1ccc(-n2ncc(Cl)c(Cl)c2=O)cc1. The molecule has 0 fully saturated rings. The van der Waals surface area contributed by atoms with Crippen molar-refractivity contribution < 1.29 is 9.72 Å². The monoisotopic (exact) mass is 438 g/mol. The average Bonchev–Trinajstić information content (AvgIpc) is 2.67. The molecular formula is C17H9Cl3N4O4. The largest absolute Gasteiger partial charge is 0.322 e. The summed E-state index contributed by atoms with van der Waals surface area (Å²) >= 11 is 17.3. The van der Waals surface area contributed by atoms with E-state index in [1.807, 2.05) is 0 Å². The molecule has 0 spiro atoms. The van der Waals surface area contributed by atoms with Crippen LogP contribution in [0.1, 0.15) is 10.4 Å². The number of carbonyl (C=O) groups is 1. The van der Waals surface area contributed by atoms with Crippen molar-refractivity contribution in [2.75, 3.05) is 5.32 Å². The fraction of sp³-hybridized carbons (Fsp3) is 0. The molecule has 0 saturated heterocycles. The van der Waals surface area contributed by atoms with E-state index in [-0.39, 0.29) is 32.0 Å². The number of hydrogen-bond acceptors (Lipinski definition) is 5. The first kappa shape index (κ1) is 19.8. The van der Waals surface area contributed by atoms with E-state index in [0.29, 0.717) is 5.69 Å². The predicted molar refractivity (Wildman–Crippen MR) is 106 cm³/mol. The van der Waals surface area contributed by atoms with E-state index < -0.39 is 16.4 Å². The van der Waals surface area contributed by atoms with Crippen molar-refractivity contribution in [1.29, 1.82) is 0 Å². The molecule has 0 atom stereocenters. The number of nitrogens with zero attached hydrogens (tertiary/aromatic N) is 3. The van der Waals surface area contributed by atoms with Crippen molar-refractivity contribution in [2.24, 2.45) is 0 Å². The summed E-state index contributed by atoms with van der Waals surface area (Å²) in [6.07, 6.45) is 1.24. The number of nitro benzene ring substituents is 1. The van der Waals surface area contributed by atoms with Gasteiger partial charge in [-0.25, -0.2) is 0 Å². The van der Waals surface area contributed by atoms with E-state index in [1.165, 1.54) is 42.6 Å². The average molecular weight is 440 g/mol. The van der Waals surface area contributed by atoms with Crippen LogP contribution in [0.3, 0.4) is 0 Å². The highest BCUT2D eigenvalue weighted by molar-refractivity contribution is 6.41. The highest BCUT2D eigenvalue weighted by Gasteiger charge is 2.15. The Morgan fingerprint density at radius 2 is 1.75 bits per heavy atom. The number of amides is 1. The van der Waals surface area contributed by atoms with Crippen LogP contribution in [0.15, 0.2) is 53.5 Å². The molecule has 11 heteroatoms. The summed E-state index contributed by atoms with van der Waals surface area (Å²) in [5.41, 5.74) is -0.0658. The van der Waals surface area contributed by atoms with Gasteiger partial charge in [0.05, 0.1) is 21.8 Å². The van der Waals surface area contributed by atoms with Crippen LogP contribution < -0.4 is 10.9 Å². The second-order valence-electron chi connectivity index (χ2n) is 5.45. The second-order valence-corrected chi connectivity index (χ2v) is 6.64. The summed E-state index contributed by atoms with van der Waals surface area (Å²) < 4.78 is 1.04. The Morgan fingerprint density at radius 1 is 1.07 bits per heavy atom. The van der Waals surface area contributed by atoms with Gasteiger partial charge in [-0.15, -0.1) is 0 Å².